The van der Waals surface area contributed by atoms with Crippen LogP contribution in [0.3, 0.4) is 0 Å². The van der Waals surface area contributed by atoms with Crippen molar-refractivity contribution < 1.29 is 9.53 Å². The van der Waals surface area contributed by atoms with Crippen LogP contribution in [0.25, 0.3) is 0 Å². The van der Waals surface area contributed by atoms with Crippen LogP contribution in [-0.4, -0.2) is 18.0 Å². The summed E-state index contributed by atoms with van der Waals surface area (Å²) in [5.41, 5.74) is 0.319. The van der Waals surface area contributed by atoms with E-state index in [1.807, 2.05) is 49.6 Å². The van der Waals surface area contributed by atoms with E-state index in [1.54, 1.807) is 6.20 Å². The van der Waals surface area contributed by atoms with Gasteiger partial charge in [0.25, 0.3) is 5.91 Å². The highest BCUT2D eigenvalue weighted by molar-refractivity contribution is 7.09. The standard InChI is InChI=1S/C15H18N2O2S/c1-15(2,14-16-9-10-20-14)17-13(18)12(19-3)11-7-5-4-6-8-11/h4-10,12H,1-3H3,(H,17,18)/t12-/m1/s1. The Hall–Kier alpha value is -1.72. The van der Waals surface area contributed by atoms with Crippen molar-refractivity contribution in [3.63, 3.8) is 0 Å². The fourth-order valence-corrected chi connectivity index (χ4v) is 2.70. The van der Waals surface area contributed by atoms with E-state index in [9.17, 15) is 4.79 Å². The van der Waals surface area contributed by atoms with Gasteiger partial charge in [-0.15, -0.1) is 11.3 Å². The van der Waals surface area contributed by atoms with Crippen LogP contribution in [0, 0.1) is 0 Å². The molecule has 1 aromatic heterocycles. The van der Waals surface area contributed by atoms with Gasteiger partial charge in [-0.25, -0.2) is 4.98 Å². The van der Waals surface area contributed by atoms with Gasteiger partial charge in [0.1, 0.15) is 5.01 Å². The average Bonchev–Trinajstić information content (AvgIpc) is 2.95. The topological polar surface area (TPSA) is 51.2 Å². The number of thiazole rings is 1. The van der Waals surface area contributed by atoms with Gasteiger partial charge in [-0.05, 0) is 19.4 Å². The van der Waals surface area contributed by atoms with Crippen molar-refractivity contribution in [3.05, 3.63) is 52.5 Å². The lowest BCUT2D eigenvalue weighted by Crippen LogP contribution is -2.43. The minimum atomic E-state index is -0.615. The molecule has 0 saturated carbocycles. The van der Waals surface area contributed by atoms with Crippen molar-refractivity contribution in [2.45, 2.75) is 25.5 Å². The van der Waals surface area contributed by atoms with Gasteiger partial charge in [-0.1, -0.05) is 30.3 Å². The van der Waals surface area contributed by atoms with E-state index in [-0.39, 0.29) is 5.91 Å². The van der Waals surface area contributed by atoms with Gasteiger partial charge < -0.3 is 10.1 Å². The van der Waals surface area contributed by atoms with Crippen molar-refractivity contribution >= 4 is 17.2 Å². The van der Waals surface area contributed by atoms with E-state index in [4.69, 9.17) is 4.74 Å². The molecular weight excluding hydrogens is 272 g/mol. The first-order valence-corrected chi connectivity index (χ1v) is 7.22. The lowest BCUT2D eigenvalue weighted by atomic mass is 10.0. The number of ether oxygens (including phenoxy) is 1. The maximum absolute atomic E-state index is 12.4. The summed E-state index contributed by atoms with van der Waals surface area (Å²) < 4.78 is 5.33. The summed E-state index contributed by atoms with van der Waals surface area (Å²) in [5, 5.41) is 5.76. The van der Waals surface area contributed by atoms with E-state index in [2.05, 4.69) is 10.3 Å². The van der Waals surface area contributed by atoms with Crippen LogP contribution in [0.15, 0.2) is 41.9 Å². The molecule has 0 unspecified atom stereocenters. The van der Waals surface area contributed by atoms with Gasteiger partial charge >= 0.3 is 0 Å². The lowest BCUT2D eigenvalue weighted by Gasteiger charge is -2.26. The Morgan fingerprint density at radius 1 is 1.35 bits per heavy atom. The number of methoxy groups -OCH3 is 1. The lowest BCUT2D eigenvalue weighted by molar-refractivity contribution is -0.133. The minimum Gasteiger partial charge on any atom is -0.367 e. The fourth-order valence-electron chi connectivity index (χ4n) is 1.98. The molecule has 0 fully saturated rings. The number of nitrogens with zero attached hydrogens (tertiary/aromatic N) is 1. The van der Waals surface area contributed by atoms with Crippen LogP contribution < -0.4 is 5.32 Å². The summed E-state index contributed by atoms with van der Waals surface area (Å²) in [6, 6.07) is 9.45. The highest BCUT2D eigenvalue weighted by Crippen LogP contribution is 2.24. The third-order valence-electron chi connectivity index (χ3n) is 2.98. The Morgan fingerprint density at radius 2 is 2.05 bits per heavy atom. The third kappa shape index (κ3) is 3.23. The molecule has 0 saturated heterocycles. The summed E-state index contributed by atoms with van der Waals surface area (Å²) in [5.74, 6) is -0.168. The number of hydrogen-bond acceptors (Lipinski definition) is 4. The zero-order chi connectivity index (χ0) is 14.6. The maximum Gasteiger partial charge on any atom is 0.254 e. The van der Waals surface area contributed by atoms with Crippen molar-refractivity contribution in [2.24, 2.45) is 0 Å². The van der Waals surface area contributed by atoms with Gasteiger partial charge in [-0.2, -0.15) is 0 Å². The molecule has 1 amide bonds. The number of carbonyl (C=O) groups excluding carboxylic acids is 1. The fraction of sp³-hybridized carbons (Fsp3) is 0.333. The number of carbonyl (C=O) groups is 1. The summed E-state index contributed by atoms with van der Waals surface area (Å²) in [6.45, 7) is 3.86. The number of aromatic nitrogens is 1. The molecule has 0 aliphatic rings. The second-order valence-corrected chi connectivity index (χ2v) is 5.87. The summed E-state index contributed by atoms with van der Waals surface area (Å²) in [6.07, 6.45) is 1.12. The summed E-state index contributed by atoms with van der Waals surface area (Å²) in [7, 11) is 1.54. The molecule has 0 radical (unpaired) electrons. The molecule has 0 aliphatic carbocycles. The minimum absolute atomic E-state index is 0.168. The van der Waals surface area contributed by atoms with E-state index in [1.165, 1.54) is 18.4 Å². The summed E-state index contributed by atoms with van der Waals surface area (Å²) in [4.78, 5) is 16.7. The number of nitrogens with one attached hydrogen (secondary N) is 1. The molecule has 1 atom stereocenters. The average molecular weight is 290 g/mol. The molecule has 0 aliphatic heterocycles. The molecule has 0 bridgehead atoms. The van der Waals surface area contributed by atoms with Gasteiger partial charge in [-0.3, -0.25) is 4.79 Å². The van der Waals surface area contributed by atoms with E-state index in [0.717, 1.165) is 10.6 Å². The molecule has 1 N–H and O–H groups in total. The van der Waals surface area contributed by atoms with Crippen LogP contribution in [0.5, 0.6) is 0 Å². The van der Waals surface area contributed by atoms with Crippen LogP contribution in [0.4, 0.5) is 0 Å². The molecule has 4 nitrogen and oxygen atoms in total. The predicted molar refractivity (Wildman–Crippen MR) is 79.5 cm³/mol. The first kappa shape index (κ1) is 14.7. The van der Waals surface area contributed by atoms with Crippen molar-refractivity contribution in [3.8, 4) is 0 Å². The van der Waals surface area contributed by atoms with Crippen molar-refractivity contribution in [1.29, 1.82) is 0 Å². The number of rotatable bonds is 5. The quantitative estimate of drug-likeness (QED) is 0.921. The van der Waals surface area contributed by atoms with E-state index < -0.39 is 11.6 Å². The van der Waals surface area contributed by atoms with Crippen molar-refractivity contribution in [2.75, 3.05) is 7.11 Å². The Balaban J connectivity index is 2.14. The Morgan fingerprint density at radius 3 is 2.60 bits per heavy atom. The SMILES string of the molecule is CO[C@@H](C(=O)NC(C)(C)c1nccs1)c1ccccc1. The van der Waals surface area contributed by atoms with Gasteiger partial charge in [0.05, 0.1) is 5.54 Å². The van der Waals surface area contributed by atoms with Gasteiger partial charge in [0.15, 0.2) is 6.10 Å². The highest BCUT2D eigenvalue weighted by Gasteiger charge is 2.29. The van der Waals surface area contributed by atoms with Crippen LogP contribution in [-0.2, 0) is 15.1 Å². The molecule has 0 spiro atoms. The van der Waals surface area contributed by atoms with Crippen LogP contribution >= 0.6 is 11.3 Å². The molecule has 106 valence electrons. The number of hydrogen-bond donors (Lipinski definition) is 1. The number of amides is 1. The smallest absolute Gasteiger partial charge is 0.254 e. The zero-order valence-electron chi connectivity index (χ0n) is 11.8. The Labute approximate surface area is 122 Å². The first-order chi connectivity index (χ1) is 9.54. The molecule has 1 aromatic carbocycles. The molecular formula is C15H18N2O2S. The first-order valence-electron chi connectivity index (χ1n) is 6.34. The molecule has 2 rings (SSSR count). The molecule has 1 heterocycles. The van der Waals surface area contributed by atoms with Crippen molar-refractivity contribution in [1.82, 2.24) is 10.3 Å². The normalized spacial score (nSPS) is 12.9. The Bertz CT molecular complexity index is 553. The number of benzene rings is 1. The van der Waals surface area contributed by atoms with Gasteiger partial charge in [0.2, 0.25) is 0 Å². The summed E-state index contributed by atoms with van der Waals surface area (Å²) >= 11 is 1.52. The maximum atomic E-state index is 12.4. The van der Waals surface area contributed by atoms with Crippen LogP contribution in [0.1, 0.15) is 30.5 Å². The second kappa shape index (κ2) is 6.15. The van der Waals surface area contributed by atoms with E-state index >= 15 is 0 Å². The molecule has 5 heteroatoms. The highest BCUT2D eigenvalue weighted by atomic mass is 32.1. The zero-order valence-corrected chi connectivity index (χ0v) is 12.6. The second-order valence-electron chi connectivity index (χ2n) is 4.98. The molecule has 2 aromatic rings. The van der Waals surface area contributed by atoms with Gasteiger partial charge in [0, 0.05) is 18.7 Å². The third-order valence-corrected chi connectivity index (χ3v) is 4.08. The predicted octanol–water partition coefficient (Wildman–Crippen LogP) is 2.88. The van der Waals surface area contributed by atoms with E-state index in [0.29, 0.717) is 0 Å². The monoisotopic (exact) mass is 290 g/mol. The Kier molecular flexibility index (Phi) is 4.52. The largest absolute Gasteiger partial charge is 0.367 e. The molecule has 20 heavy (non-hydrogen) atoms. The van der Waals surface area contributed by atoms with Crippen LogP contribution in [0.2, 0.25) is 0 Å².